The van der Waals surface area contributed by atoms with Crippen molar-refractivity contribution >= 4 is 27.2 Å². The van der Waals surface area contributed by atoms with E-state index in [0.717, 1.165) is 19.3 Å². The van der Waals surface area contributed by atoms with E-state index in [2.05, 4.69) is 4.72 Å². The van der Waals surface area contributed by atoms with Crippen LogP contribution < -0.4 is 10.5 Å². The minimum absolute atomic E-state index is 0.200. The molecule has 2 rings (SSSR count). The second-order valence-electron chi connectivity index (χ2n) is 5.36. The molecule has 0 unspecified atom stereocenters. The number of hydrogen-bond donors (Lipinski definition) is 2. The van der Waals surface area contributed by atoms with Crippen LogP contribution in [0.4, 0.5) is 0 Å². The van der Waals surface area contributed by atoms with Crippen molar-refractivity contribution < 1.29 is 8.42 Å². The van der Waals surface area contributed by atoms with Gasteiger partial charge in [-0.3, -0.25) is 0 Å². The van der Waals surface area contributed by atoms with Crippen LogP contribution in [0, 0.1) is 6.92 Å². The van der Waals surface area contributed by atoms with Crippen LogP contribution >= 0.6 is 12.2 Å². The molecule has 0 bridgehead atoms. The van der Waals surface area contributed by atoms with Gasteiger partial charge in [0.25, 0.3) is 0 Å². The molecular formula is C13H18N2O2S2. The van der Waals surface area contributed by atoms with Crippen molar-refractivity contribution in [3.8, 4) is 0 Å². The van der Waals surface area contributed by atoms with E-state index in [1.165, 1.54) is 0 Å². The molecule has 0 radical (unpaired) electrons. The van der Waals surface area contributed by atoms with Gasteiger partial charge in [0.1, 0.15) is 4.99 Å². The highest BCUT2D eigenvalue weighted by atomic mass is 32.2. The lowest BCUT2D eigenvalue weighted by atomic mass is 9.80. The van der Waals surface area contributed by atoms with Gasteiger partial charge in [0, 0.05) is 11.1 Å². The Hall–Kier alpha value is -0.980. The Morgan fingerprint density at radius 3 is 2.53 bits per heavy atom. The van der Waals surface area contributed by atoms with E-state index in [1.54, 1.807) is 25.1 Å². The molecular weight excluding hydrogens is 280 g/mol. The zero-order valence-electron chi connectivity index (χ0n) is 11.1. The topological polar surface area (TPSA) is 72.2 Å². The van der Waals surface area contributed by atoms with Crippen LogP contribution in [0.1, 0.15) is 37.3 Å². The SMILES string of the molecule is Cc1ccc(C(N)=S)cc1S(=O)(=O)NC1(C)CCC1. The summed E-state index contributed by atoms with van der Waals surface area (Å²) in [6.07, 6.45) is 2.81. The summed E-state index contributed by atoms with van der Waals surface area (Å²) in [6, 6.07) is 5.01. The summed E-state index contributed by atoms with van der Waals surface area (Å²) in [5, 5.41) is 0. The van der Waals surface area contributed by atoms with E-state index in [9.17, 15) is 8.42 Å². The van der Waals surface area contributed by atoms with Gasteiger partial charge in [0.2, 0.25) is 10.0 Å². The minimum Gasteiger partial charge on any atom is -0.389 e. The molecule has 3 N–H and O–H groups in total. The highest BCUT2D eigenvalue weighted by Gasteiger charge is 2.36. The second-order valence-corrected chi connectivity index (χ2v) is 7.45. The molecule has 19 heavy (non-hydrogen) atoms. The molecule has 1 aromatic carbocycles. The Balaban J connectivity index is 2.39. The Morgan fingerprint density at radius 2 is 2.05 bits per heavy atom. The fraction of sp³-hybridized carbons (Fsp3) is 0.462. The van der Waals surface area contributed by atoms with Gasteiger partial charge >= 0.3 is 0 Å². The normalized spacial score (nSPS) is 17.8. The van der Waals surface area contributed by atoms with E-state index in [-0.39, 0.29) is 15.4 Å². The van der Waals surface area contributed by atoms with Gasteiger partial charge in [-0.2, -0.15) is 0 Å². The third-order valence-corrected chi connectivity index (χ3v) is 5.62. The smallest absolute Gasteiger partial charge is 0.241 e. The highest BCUT2D eigenvalue weighted by molar-refractivity contribution is 7.89. The van der Waals surface area contributed by atoms with E-state index >= 15 is 0 Å². The minimum atomic E-state index is -3.53. The molecule has 0 aliphatic heterocycles. The number of nitrogens with two attached hydrogens (primary N) is 1. The molecule has 1 fully saturated rings. The van der Waals surface area contributed by atoms with Gasteiger partial charge in [0.15, 0.2) is 0 Å². The molecule has 0 atom stereocenters. The van der Waals surface area contributed by atoms with Crippen molar-refractivity contribution in [3.63, 3.8) is 0 Å². The van der Waals surface area contributed by atoms with E-state index < -0.39 is 10.0 Å². The number of benzene rings is 1. The fourth-order valence-electron chi connectivity index (χ4n) is 2.23. The lowest BCUT2D eigenvalue weighted by Gasteiger charge is -2.38. The third kappa shape index (κ3) is 2.96. The van der Waals surface area contributed by atoms with Crippen LogP contribution in [0.2, 0.25) is 0 Å². The largest absolute Gasteiger partial charge is 0.389 e. The van der Waals surface area contributed by atoms with Gasteiger partial charge in [-0.25, -0.2) is 13.1 Å². The lowest BCUT2D eigenvalue weighted by molar-refractivity contribution is 0.248. The van der Waals surface area contributed by atoms with Crippen LogP contribution in [0.15, 0.2) is 23.1 Å². The number of nitrogens with one attached hydrogen (secondary N) is 1. The summed E-state index contributed by atoms with van der Waals surface area (Å²) in [6.45, 7) is 3.70. The van der Waals surface area contributed by atoms with Gasteiger partial charge in [-0.15, -0.1) is 0 Å². The maximum Gasteiger partial charge on any atom is 0.241 e. The predicted octanol–water partition coefficient (Wildman–Crippen LogP) is 1.85. The Labute approximate surface area is 119 Å². The molecule has 0 saturated heterocycles. The number of rotatable bonds is 4. The van der Waals surface area contributed by atoms with Crippen molar-refractivity contribution in [1.82, 2.24) is 4.72 Å². The summed E-state index contributed by atoms with van der Waals surface area (Å²) in [5.74, 6) is 0. The number of hydrogen-bond acceptors (Lipinski definition) is 3. The van der Waals surface area contributed by atoms with Crippen LogP contribution in [0.5, 0.6) is 0 Å². The third-order valence-electron chi connectivity index (χ3n) is 3.60. The zero-order valence-corrected chi connectivity index (χ0v) is 12.7. The summed E-state index contributed by atoms with van der Waals surface area (Å²) < 4.78 is 27.7. The zero-order chi connectivity index (χ0) is 14.3. The first-order valence-electron chi connectivity index (χ1n) is 6.18. The Bertz CT molecular complexity index is 620. The summed E-state index contributed by atoms with van der Waals surface area (Å²) in [5.41, 5.74) is 6.50. The Morgan fingerprint density at radius 1 is 1.42 bits per heavy atom. The van der Waals surface area contributed by atoms with Crippen molar-refractivity contribution in [3.05, 3.63) is 29.3 Å². The highest BCUT2D eigenvalue weighted by Crippen LogP contribution is 2.33. The van der Waals surface area contributed by atoms with Crippen LogP contribution in [0.3, 0.4) is 0 Å². The molecule has 0 amide bonds. The van der Waals surface area contributed by atoms with Crippen molar-refractivity contribution in [2.24, 2.45) is 5.73 Å². The van der Waals surface area contributed by atoms with E-state index in [1.807, 2.05) is 6.92 Å². The number of thiocarbonyl (C=S) groups is 1. The summed E-state index contributed by atoms with van der Waals surface area (Å²) in [7, 11) is -3.53. The van der Waals surface area contributed by atoms with Crippen LogP contribution in [-0.4, -0.2) is 18.9 Å². The maximum atomic E-state index is 12.4. The number of aryl methyl sites for hydroxylation is 1. The quantitative estimate of drug-likeness (QED) is 0.832. The molecule has 1 saturated carbocycles. The molecule has 4 nitrogen and oxygen atoms in total. The first-order valence-corrected chi connectivity index (χ1v) is 8.07. The summed E-state index contributed by atoms with van der Waals surface area (Å²) >= 11 is 4.89. The van der Waals surface area contributed by atoms with Gasteiger partial charge < -0.3 is 5.73 Å². The maximum absolute atomic E-state index is 12.4. The molecule has 6 heteroatoms. The molecule has 0 spiro atoms. The van der Waals surface area contributed by atoms with Crippen LogP contribution in [0.25, 0.3) is 0 Å². The van der Waals surface area contributed by atoms with Crippen molar-refractivity contribution in [2.75, 3.05) is 0 Å². The second kappa shape index (κ2) is 4.85. The lowest BCUT2D eigenvalue weighted by Crippen LogP contribution is -2.50. The molecule has 0 aromatic heterocycles. The fourth-order valence-corrected chi connectivity index (χ4v) is 4.10. The van der Waals surface area contributed by atoms with Gasteiger partial charge in [-0.1, -0.05) is 24.4 Å². The van der Waals surface area contributed by atoms with Gasteiger partial charge in [-0.05, 0) is 44.7 Å². The van der Waals surface area contributed by atoms with Crippen molar-refractivity contribution in [2.45, 2.75) is 43.5 Å². The first-order chi connectivity index (χ1) is 8.73. The average Bonchev–Trinajstić information content (AvgIpc) is 2.26. The van der Waals surface area contributed by atoms with E-state index in [0.29, 0.717) is 11.1 Å². The summed E-state index contributed by atoms with van der Waals surface area (Å²) in [4.78, 5) is 0.456. The molecule has 1 aromatic rings. The first kappa shape index (κ1) is 14.4. The van der Waals surface area contributed by atoms with Crippen molar-refractivity contribution in [1.29, 1.82) is 0 Å². The molecule has 104 valence electrons. The predicted molar refractivity (Wildman–Crippen MR) is 79.6 cm³/mol. The van der Waals surface area contributed by atoms with Gasteiger partial charge in [0.05, 0.1) is 4.90 Å². The standard InChI is InChI=1S/C13H18N2O2S2/c1-9-4-5-10(12(14)18)8-11(9)19(16,17)15-13(2)6-3-7-13/h4-5,8,15H,3,6-7H2,1-2H3,(H2,14,18). The molecule has 1 aliphatic rings. The number of sulfonamides is 1. The van der Waals surface area contributed by atoms with Crippen LogP contribution in [-0.2, 0) is 10.0 Å². The average molecular weight is 298 g/mol. The van der Waals surface area contributed by atoms with E-state index in [4.69, 9.17) is 18.0 Å². The monoisotopic (exact) mass is 298 g/mol. The molecule has 1 aliphatic carbocycles. The molecule has 0 heterocycles. The Kier molecular flexibility index (Phi) is 3.68.